The molecule has 0 fully saturated rings. The molecule has 0 aliphatic rings. The number of para-hydroxylation sites is 2. The molecule has 15 heavy (non-hydrogen) atoms. The molecule has 0 spiro atoms. The monoisotopic (exact) mass is 198 g/mol. The first kappa shape index (κ1) is 9.78. The van der Waals surface area contributed by atoms with Gasteiger partial charge in [-0.15, -0.1) is 0 Å². The van der Waals surface area contributed by atoms with Crippen LogP contribution in [0.2, 0.25) is 0 Å². The maximum Gasteiger partial charge on any atom is 0.130 e. The van der Waals surface area contributed by atoms with Gasteiger partial charge in [0.2, 0.25) is 0 Å². The molecular weight excluding hydrogens is 184 g/mol. The molecule has 0 unspecified atom stereocenters. The maximum absolute atomic E-state index is 5.80. The topological polar surface area (TPSA) is 9.23 Å². The molecule has 2 aromatic rings. The van der Waals surface area contributed by atoms with Crippen LogP contribution in [0.1, 0.15) is 12.5 Å². The van der Waals surface area contributed by atoms with Crippen LogP contribution < -0.4 is 4.74 Å². The molecular formula is C14H14O. The molecule has 0 saturated carbocycles. The van der Waals surface area contributed by atoms with E-state index in [1.807, 2.05) is 48.5 Å². The summed E-state index contributed by atoms with van der Waals surface area (Å²) in [5, 5.41) is 0. The molecule has 0 N–H and O–H groups in total. The predicted octanol–water partition coefficient (Wildman–Crippen LogP) is 4.04. The largest absolute Gasteiger partial charge is 0.457 e. The number of rotatable bonds is 3. The molecule has 0 bridgehead atoms. The Hall–Kier alpha value is -1.76. The third kappa shape index (κ3) is 2.38. The van der Waals surface area contributed by atoms with Crippen molar-refractivity contribution in [3.63, 3.8) is 0 Å². The average Bonchev–Trinajstić information content (AvgIpc) is 2.31. The van der Waals surface area contributed by atoms with Gasteiger partial charge in [0.15, 0.2) is 0 Å². The number of benzene rings is 2. The van der Waals surface area contributed by atoms with Gasteiger partial charge < -0.3 is 4.74 Å². The number of ether oxygens (including phenoxy) is 1. The van der Waals surface area contributed by atoms with Gasteiger partial charge in [-0.2, -0.15) is 0 Å². The van der Waals surface area contributed by atoms with Gasteiger partial charge in [0, 0.05) is 0 Å². The molecule has 76 valence electrons. The van der Waals surface area contributed by atoms with E-state index < -0.39 is 0 Å². The number of hydrogen-bond acceptors (Lipinski definition) is 1. The van der Waals surface area contributed by atoms with Crippen molar-refractivity contribution in [2.24, 2.45) is 0 Å². The quantitative estimate of drug-likeness (QED) is 0.723. The van der Waals surface area contributed by atoms with Crippen molar-refractivity contribution in [2.45, 2.75) is 13.3 Å². The minimum atomic E-state index is 0.887. The van der Waals surface area contributed by atoms with E-state index in [1.54, 1.807) is 0 Å². The average molecular weight is 198 g/mol. The molecule has 0 radical (unpaired) electrons. The van der Waals surface area contributed by atoms with E-state index >= 15 is 0 Å². The highest BCUT2D eigenvalue weighted by molar-refractivity contribution is 5.37. The summed E-state index contributed by atoms with van der Waals surface area (Å²) in [5.41, 5.74) is 1.24. The summed E-state index contributed by atoms with van der Waals surface area (Å²) in [5.74, 6) is 1.84. The van der Waals surface area contributed by atoms with Crippen LogP contribution in [-0.2, 0) is 6.42 Å². The van der Waals surface area contributed by atoms with Crippen LogP contribution in [-0.4, -0.2) is 0 Å². The zero-order valence-corrected chi connectivity index (χ0v) is 8.81. The molecule has 2 aromatic carbocycles. The van der Waals surface area contributed by atoms with Gasteiger partial charge in [-0.25, -0.2) is 0 Å². The smallest absolute Gasteiger partial charge is 0.130 e. The van der Waals surface area contributed by atoms with Gasteiger partial charge in [-0.05, 0) is 30.2 Å². The third-order valence-corrected chi connectivity index (χ3v) is 2.32. The van der Waals surface area contributed by atoms with Gasteiger partial charge in [-0.1, -0.05) is 43.3 Å². The molecule has 1 nitrogen and oxygen atoms in total. The van der Waals surface area contributed by atoms with Crippen LogP contribution in [0.15, 0.2) is 54.6 Å². The van der Waals surface area contributed by atoms with Gasteiger partial charge in [0.25, 0.3) is 0 Å². The summed E-state index contributed by atoms with van der Waals surface area (Å²) in [6.07, 6.45) is 0.989. The van der Waals surface area contributed by atoms with E-state index in [0.717, 1.165) is 17.9 Å². The second-order valence-electron chi connectivity index (χ2n) is 3.38. The summed E-state index contributed by atoms with van der Waals surface area (Å²) >= 11 is 0. The summed E-state index contributed by atoms with van der Waals surface area (Å²) in [6.45, 7) is 2.13. The fourth-order valence-electron chi connectivity index (χ4n) is 1.51. The lowest BCUT2D eigenvalue weighted by Gasteiger charge is -2.09. The van der Waals surface area contributed by atoms with E-state index in [0.29, 0.717) is 0 Å². The van der Waals surface area contributed by atoms with Gasteiger partial charge in [0.05, 0.1) is 0 Å². The Morgan fingerprint density at radius 2 is 1.53 bits per heavy atom. The fraction of sp³-hybridized carbons (Fsp3) is 0.143. The Labute approximate surface area is 90.3 Å². The first-order valence-corrected chi connectivity index (χ1v) is 5.21. The van der Waals surface area contributed by atoms with Crippen LogP contribution in [0.4, 0.5) is 0 Å². The molecule has 0 aliphatic carbocycles. The van der Waals surface area contributed by atoms with Crippen LogP contribution in [0.5, 0.6) is 11.5 Å². The highest BCUT2D eigenvalue weighted by Gasteiger charge is 2.01. The van der Waals surface area contributed by atoms with E-state index in [9.17, 15) is 0 Å². The Bertz CT molecular complexity index is 420. The molecule has 2 rings (SSSR count). The molecule has 0 aromatic heterocycles. The van der Waals surface area contributed by atoms with E-state index in [2.05, 4.69) is 13.0 Å². The Kier molecular flexibility index (Phi) is 3.03. The van der Waals surface area contributed by atoms with Gasteiger partial charge in [0.1, 0.15) is 11.5 Å². The van der Waals surface area contributed by atoms with Crippen LogP contribution in [0.25, 0.3) is 0 Å². The second-order valence-corrected chi connectivity index (χ2v) is 3.38. The number of hydrogen-bond donors (Lipinski definition) is 0. The van der Waals surface area contributed by atoms with E-state index in [4.69, 9.17) is 4.74 Å². The van der Waals surface area contributed by atoms with Crippen molar-refractivity contribution in [1.82, 2.24) is 0 Å². The standard InChI is InChI=1S/C14H14O/c1-2-12-8-6-7-11-14(12)15-13-9-4-3-5-10-13/h3-11H,2H2,1H3. The maximum atomic E-state index is 5.80. The molecule has 0 aliphatic heterocycles. The van der Waals surface area contributed by atoms with Crippen molar-refractivity contribution in [3.05, 3.63) is 60.2 Å². The highest BCUT2D eigenvalue weighted by Crippen LogP contribution is 2.24. The normalized spacial score (nSPS) is 9.93. The van der Waals surface area contributed by atoms with Crippen molar-refractivity contribution in [3.8, 4) is 11.5 Å². The lowest BCUT2D eigenvalue weighted by molar-refractivity contribution is 0.477. The molecule has 1 heteroatoms. The minimum absolute atomic E-state index is 0.887. The first-order valence-electron chi connectivity index (χ1n) is 5.21. The molecule has 0 atom stereocenters. The summed E-state index contributed by atoms with van der Waals surface area (Å²) in [4.78, 5) is 0. The minimum Gasteiger partial charge on any atom is -0.457 e. The van der Waals surface area contributed by atoms with Crippen LogP contribution in [0, 0.1) is 0 Å². The predicted molar refractivity (Wildman–Crippen MR) is 62.3 cm³/mol. The van der Waals surface area contributed by atoms with Crippen molar-refractivity contribution >= 4 is 0 Å². The van der Waals surface area contributed by atoms with Gasteiger partial charge in [-0.3, -0.25) is 0 Å². The van der Waals surface area contributed by atoms with E-state index in [1.165, 1.54) is 5.56 Å². The Morgan fingerprint density at radius 1 is 0.867 bits per heavy atom. The third-order valence-electron chi connectivity index (χ3n) is 2.32. The second kappa shape index (κ2) is 4.65. The van der Waals surface area contributed by atoms with E-state index in [-0.39, 0.29) is 0 Å². The van der Waals surface area contributed by atoms with Crippen molar-refractivity contribution in [1.29, 1.82) is 0 Å². The molecule has 0 amide bonds. The van der Waals surface area contributed by atoms with Gasteiger partial charge >= 0.3 is 0 Å². The Morgan fingerprint density at radius 3 is 2.27 bits per heavy atom. The summed E-state index contributed by atoms with van der Waals surface area (Å²) < 4.78 is 5.80. The fourth-order valence-corrected chi connectivity index (χ4v) is 1.51. The summed E-state index contributed by atoms with van der Waals surface area (Å²) in [6, 6.07) is 18.0. The lowest BCUT2D eigenvalue weighted by Crippen LogP contribution is -1.89. The molecule has 0 saturated heterocycles. The van der Waals surface area contributed by atoms with Crippen LogP contribution >= 0.6 is 0 Å². The van der Waals surface area contributed by atoms with Crippen LogP contribution in [0.3, 0.4) is 0 Å². The lowest BCUT2D eigenvalue weighted by atomic mass is 10.1. The number of aryl methyl sites for hydroxylation is 1. The Balaban J connectivity index is 2.24. The van der Waals surface area contributed by atoms with Crippen molar-refractivity contribution in [2.75, 3.05) is 0 Å². The molecule has 0 heterocycles. The zero-order chi connectivity index (χ0) is 10.5. The van der Waals surface area contributed by atoms with Crippen molar-refractivity contribution < 1.29 is 4.74 Å². The highest BCUT2D eigenvalue weighted by atomic mass is 16.5. The zero-order valence-electron chi connectivity index (χ0n) is 8.81. The first-order chi connectivity index (χ1) is 7.40. The summed E-state index contributed by atoms with van der Waals surface area (Å²) in [7, 11) is 0. The SMILES string of the molecule is CCc1ccccc1Oc1ccccc1.